The van der Waals surface area contributed by atoms with Gasteiger partial charge in [-0.25, -0.2) is 0 Å². The van der Waals surface area contributed by atoms with Gasteiger partial charge in [0.15, 0.2) is 0 Å². The molecule has 1 aliphatic carbocycles. The molecule has 1 aliphatic rings. The monoisotopic (exact) mass is 291 g/mol. The number of hydrogen-bond donors (Lipinski definition) is 2. The van der Waals surface area contributed by atoms with Gasteiger partial charge in [-0.05, 0) is 48.6 Å². The van der Waals surface area contributed by atoms with Crippen LogP contribution in [-0.4, -0.2) is 15.1 Å². The van der Waals surface area contributed by atoms with Crippen LogP contribution in [0.15, 0.2) is 48.9 Å². The summed E-state index contributed by atoms with van der Waals surface area (Å²) in [5.41, 5.74) is 4.24. The highest BCUT2D eigenvalue weighted by atomic mass is 16.3. The Bertz CT molecular complexity index is 826. The number of nitrogens with one attached hydrogen (secondary N) is 1. The van der Waals surface area contributed by atoms with Gasteiger partial charge in [-0.3, -0.25) is 9.97 Å². The first-order valence-electron chi connectivity index (χ1n) is 7.59. The average molecular weight is 291 g/mol. The molecule has 4 heteroatoms. The van der Waals surface area contributed by atoms with E-state index < -0.39 is 0 Å². The molecule has 0 fully saturated rings. The molecule has 1 unspecified atom stereocenters. The Balaban J connectivity index is 1.74. The standard InChI is InChI=1S/C18H17N3O/c22-18-6-2-3-12-13(18)4-1-5-16(12)21-17-8-10-20-15-7-9-19-11-14(15)17/h2-3,6-11,16,22H,1,4-5H2,(H,20,21). The Labute approximate surface area is 128 Å². The van der Waals surface area contributed by atoms with Crippen LogP contribution in [0.3, 0.4) is 0 Å². The SMILES string of the molecule is Oc1cccc2c1CCCC2Nc1ccnc2ccncc12. The van der Waals surface area contributed by atoms with Gasteiger partial charge in [0.1, 0.15) is 5.75 Å². The Kier molecular flexibility index (Phi) is 3.15. The van der Waals surface area contributed by atoms with Gasteiger partial charge in [-0.1, -0.05) is 12.1 Å². The number of phenols is 1. The topological polar surface area (TPSA) is 58.0 Å². The molecule has 3 aromatic rings. The van der Waals surface area contributed by atoms with E-state index in [9.17, 15) is 5.11 Å². The summed E-state index contributed by atoms with van der Waals surface area (Å²) in [6, 6.07) is 9.91. The minimum atomic E-state index is 0.210. The van der Waals surface area contributed by atoms with E-state index in [1.165, 1.54) is 5.56 Å². The fraction of sp³-hybridized carbons (Fsp3) is 0.222. The summed E-state index contributed by atoms with van der Waals surface area (Å²) in [5, 5.41) is 14.7. The second kappa shape index (κ2) is 5.30. The molecule has 0 radical (unpaired) electrons. The number of anilines is 1. The fourth-order valence-electron chi connectivity index (χ4n) is 3.28. The second-order valence-corrected chi connectivity index (χ2v) is 5.69. The van der Waals surface area contributed by atoms with Crippen LogP contribution in [0.25, 0.3) is 10.9 Å². The summed E-state index contributed by atoms with van der Waals surface area (Å²) in [5.74, 6) is 0.408. The maximum Gasteiger partial charge on any atom is 0.119 e. The van der Waals surface area contributed by atoms with Crippen molar-refractivity contribution in [2.24, 2.45) is 0 Å². The van der Waals surface area contributed by atoms with Crippen molar-refractivity contribution in [3.05, 3.63) is 60.0 Å². The predicted octanol–water partition coefficient (Wildman–Crippen LogP) is 3.82. The lowest BCUT2D eigenvalue weighted by molar-refractivity contribution is 0.457. The molecule has 0 amide bonds. The number of rotatable bonds is 2. The number of aromatic nitrogens is 2. The van der Waals surface area contributed by atoms with Crippen molar-refractivity contribution in [1.82, 2.24) is 9.97 Å². The quantitative estimate of drug-likeness (QED) is 0.753. The molecule has 0 bridgehead atoms. The zero-order valence-electron chi connectivity index (χ0n) is 12.2. The van der Waals surface area contributed by atoms with Gasteiger partial charge in [-0.2, -0.15) is 0 Å². The first-order valence-corrected chi connectivity index (χ1v) is 7.59. The highest BCUT2D eigenvalue weighted by Crippen LogP contribution is 2.37. The molecule has 110 valence electrons. The number of aromatic hydroxyl groups is 1. The summed E-state index contributed by atoms with van der Waals surface area (Å²) < 4.78 is 0. The Hall–Kier alpha value is -2.62. The third-order valence-electron chi connectivity index (χ3n) is 4.36. The van der Waals surface area contributed by atoms with Crippen molar-refractivity contribution in [1.29, 1.82) is 0 Å². The minimum Gasteiger partial charge on any atom is -0.508 e. The van der Waals surface area contributed by atoms with E-state index in [4.69, 9.17) is 0 Å². The van der Waals surface area contributed by atoms with Crippen molar-refractivity contribution < 1.29 is 5.11 Å². The van der Waals surface area contributed by atoms with E-state index in [0.717, 1.165) is 41.4 Å². The molecule has 2 heterocycles. The van der Waals surface area contributed by atoms with E-state index >= 15 is 0 Å². The van der Waals surface area contributed by atoms with Crippen LogP contribution in [-0.2, 0) is 6.42 Å². The second-order valence-electron chi connectivity index (χ2n) is 5.69. The Morgan fingerprint density at radius 1 is 1.14 bits per heavy atom. The molecule has 4 nitrogen and oxygen atoms in total. The maximum absolute atomic E-state index is 10.1. The first kappa shape index (κ1) is 13.1. The maximum atomic E-state index is 10.1. The van der Waals surface area contributed by atoms with E-state index in [1.807, 2.05) is 30.6 Å². The van der Waals surface area contributed by atoms with Crippen LogP contribution in [0.2, 0.25) is 0 Å². The predicted molar refractivity (Wildman–Crippen MR) is 86.9 cm³/mol. The Morgan fingerprint density at radius 2 is 2.09 bits per heavy atom. The molecular formula is C18H17N3O. The lowest BCUT2D eigenvalue weighted by atomic mass is 9.87. The van der Waals surface area contributed by atoms with Crippen LogP contribution in [0, 0.1) is 0 Å². The summed E-state index contributed by atoms with van der Waals surface area (Å²) in [6.45, 7) is 0. The third kappa shape index (κ3) is 2.17. The van der Waals surface area contributed by atoms with E-state index in [1.54, 1.807) is 12.3 Å². The highest BCUT2D eigenvalue weighted by Gasteiger charge is 2.22. The van der Waals surface area contributed by atoms with Crippen molar-refractivity contribution in [2.75, 3.05) is 5.32 Å². The van der Waals surface area contributed by atoms with Crippen LogP contribution in [0.1, 0.15) is 30.0 Å². The van der Waals surface area contributed by atoms with Gasteiger partial charge in [-0.15, -0.1) is 0 Å². The number of pyridine rings is 2. The zero-order chi connectivity index (χ0) is 14.9. The summed E-state index contributed by atoms with van der Waals surface area (Å²) >= 11 is 0. The smallest absolute Gasteiger partial charge is 0.119 e. The largest absolute Gasteiger partial charge is 0.508 e. The molecule has 1 atom stereocenters. The molecule has 0 saturated heterocycles. The highest BCUT2D eigenvalue weighted by molar-refractivity contribution is 5.90. The van der Waals surface area contributed by atoms with E-state index in [0.29, 0.717) is 5.75 Å². The molecule has 2 aromatic heterocycles. The number of benzene rings is 1. The van der Waals surface area contributed by atoms with Crippen LogP contribution >= 0.6 is 0 Å². The van der Waals surface area contributed by atoms with Crippen LogP contribution in [0.4, 0.5) is 5.69 Å². The molecule has 0 spiro atoms. The average Bonchev–Trinajstić information content (AvgIpc) is 2.56. The minimum absolute atomic E-state index is 0.210. The van der Waals surface area contributed by atoms with Crippen molar-refractivity contribution in [3.63, 3.8) is 0 Å². The van der Waals surface area contributed by atoms with Gasteiger partial charge >= 0.3 is 0 Å². The molecular weight excluding hydrogens is 274 g/mol. The lowest BCUT2D eigenvalue weighted by Gasteiger charge is -2.28. The summed E-state index contributed by atoms with van der Waals surface area (Å²) in [4.78, 5) is 8.58. The lowest BCUT2D eigenvalue weighted by Crippen LogP contribution is -2.17. The van der Waals surface area contributed by atoms with Gasteiger partial charge in [0.05, 0.1) is 11.6 Å². The summed E-state index contributed by atoms with van der Waals surface area (Å²) in [7, 11) is 0. The molecule has 2 N–H and O–H groups in total. The van der Waals surface area contributed by atoms with Crippen molar-refractivity contribution in [2.45, 2.75) is 25.3 Å². The van der Waals surface area contributed by atoms with Crippen molar-refractivity contribution in [3.8, 4) is 5.75 Å². The third-order valence-corrected chi connectivity index (χ3v) is 4.36. The number of phenolic OH excluding ortho intramolecular Hbond substituents is 1. The van der Waals surface area contributed by atoms with Gasteiger partial charge < -0.3 is 10.4 Å². The van der Waals surface area contributed by atoms with E-state index in [-0.39, 0.29) is 6.04 Å². The van der Waals surface area contributed by atoms with Gasteiger partial charge in [0.2, 0.25) is 0 Å². The first-order chi connectivity index (χ1) is 10.8. The van der Waals surface area contributed by atoms with Gasteiger partial charge in [0, 0.05) is 29.7 Å². The molecule has 1 aromatic carbocycles. The zero-order valence-corrected chi connectivity index (χ0v) is 12.2. The van der Waals surface area contributed by atoms with Gasteiger partial charge in [0.25, 0.3) is 0 Å². The van der Waals surface area contributed by atoms with Crippen LogP contribution in [0.5, 0.6) is 5.75 Å². The number of fused-ring (bicyclic) bond motifs is 2. The number of nitrogens with zero attached hydrogens (tertiary/aromatic N) is 2. The molecule has 4 rings (SSSR count). The van der Waals surface area contributed by atoms with E-state index in [2.05, 4.69) is 21.4 Å². The number of hydrogen-bond acceptors (Lipinski definition) is 4. The molecule has 0 aliphatic heterocycles. The van der Waals surface area contributed by atoms with Crippen LogP contribution < -0.4 is 5.32 Å². The fourth-order valence-corrected chi connectivity index (χ4v) is 3.28. The Morgan fingerprint density at radius 3 is 3.05 bits per heavy atom. The normalized spacial score (nSPS) is 17.2. The molecule has 0 saturated carbocycles. The summed E-state index contributed by atoms with van der Waals surface area (Å²) in [6.07, 6.45) is 8.49. The van der Waals surface area contributed by atoms with Crippen molar-refractivity contribution >= 4 is 16.6 Å². The molecule has 22 heavy (non-hydrogen) atoms.